The Morgan fingerprint density at radius 3 is 2.29 bits per heavy atom. The van der Waals surface area contributed by atoms with Crippen molar-refractivity contribution < 1.29 is 9.59 Å². The Hall–Kier alpha value is -3.38. The number of anilines is 4. The van der Waals surface area contributed by atoms with Crippen molar-refractivity contribution in [3.63, 3.8) is 0 Å². The van der Waals surface area contributed by atoms with Crippen LogP contribution < -0.4 is 16.0 Å². The molecule has 2 aromatic carbocycles. The number of aryl methyl sites for hydroxylation is 1. The molecule has 3 N–H and O–H groups in total. The quantitative estimate of drug-likeness (QED) is 0.568. The Morgan fingerprint density at radius 2 is 1.61 bits per heavy atom. The molecule has 1 heterocycles. The zero-order valence-corrected chi connectivity index (χ0v) is 16.2. The van der Waals surface area contributed by atoms with Gasteiger partial charge in [0.25, 0.3) is 5.91 Å². The van der Waals surface area contributed by atoms with Crippen LogP contribution in [0.15, 0.2) is 60.8 Å². The number of amides is 2. The maximum Gasteiger partial charge on any atom is 0.274 e. The van der Waals surface area contributed by atoms with Gasteiger partial charge in [0.15, 0.2) is 0 Å². The predicted molar refractivity (Wildman–Crippen MR) is 112 cm³/mol. The summed E-state index contributed by atoms with van der Waals surface area (Å²) in [6.07, 6.45) is 1.57. The van der Waals surface area contributed by atoms with E-state index in [1.807, 2.05) is 19.1 Å². The van der Waals surface area contributed by atoms with Gasteiger partial charge < -0.3 is 16.0 Å². The molecule has 3 aromatic rings. The summed E-state index contributed by atoms with van der Waals surface area (Å²) in [5.74, 6) is -0.434. The lowest BCUT2D eigenvalue weighted by Gasteiger charge is -2.11. The standard InChI is InChI=1S/C21H19ClN4O2/c1-13-11-15(22)3-8-19(13)26-21(28)20-12-18(9-10-23-20)25-17-6-4-16(5-7-17)24-14(2)27/h3-12H,1-2H3,(H,23,25)(H,24,27)(H,26,28). The molecule has 0 atom stereocenters. The van der Waals surface area contributed by atoms with E-state index >= 15 is 0 Å². The van der Waals surface area contributed by atoms with E-state index in [0.29, 0.717) is 16.4 Å². The van der Waals surface area contributed by atoms with Crippen LogP contribution in [0.5, 0.6) is 0 Å². The normalized spacial score (nSPS) is 10.2. The Labute approximate surface area is 168 Å². The highest BCUT2D eigenvalue weighted by atomic mass is 35.5. The highest BCUT2D eigenvalue weighted by molar-refractivity contribution is 6.30. The highest BCUT2D eigenvalue weighted by Gasteiger charge is 2.10. The van der Waals surface area contributed by atoms with Gasteiger partial charge in [-0.25, -0.2) is 0 Å². The monoisotopic (exact) mass is 394 g/mol. The molecule has 142 valence electrons. The first kappa shape index (κ1) is 19.4. The van der Waals surface area contributed by atoms with Crippen molar-refractivity contribution in [2.45, 2.75) is 13.8 Å². The molecule has 0 aliphatic heterocycles. The molecule has 1 aromatic heterocycles. The Bertz CT molecular complexity index is 1020. The van der Waals surface area contributed by atoms with Gasteiger partial charge in [-0.15, -0.1) is 0 Å². The fourth-order valence-electron chi connectivity index (χ4n) is 2.59. The molecule has 28 heavy (non-hydrogen) atoms. The number of halogens is 1. The van der Waals surface area contributed by atoms with Crippen molar-refractivity contribution in [3.05, 3.63) is 77.1 Å². The summed E-state index contributed by atoms with van der Waals surface area (Å²) >= 11 is 5.95. The smallest absolute Gasteiger partial charge is 0.274 e. The van der Waals surface area contributed by atoms with Crippen molar-refractivity contribution >= 4 is 46.2 Å². The number of nitrogens with one attached hydrogen (secondary N) is 3. The van der Waals surface area contributed by atoms with Gasteiger partial charge in [0.2, 0.25) is 5.91 Å². The second-order valence-electron chi connectivity index (χ2n) is 6.23. The minimum Gasteiger partial charge on any atom is -0.355 e. The third kappa shape index (κ3) is 5.08. The molecule has 0 spiro atoms. The Kier molecular flexibility index (Phi) is 5.91. The van der Waals surface area contributed by atoms with Crippen molar-refractivity contribution in [1.29, 1.82) is 0 Å². The summed E-state index contributed by atoms with van der Waals surface area (Å²) in [5, 5.41) is 9.38. The first-order valence-corrected chi connectivity index (χ1v) is 8.97. The van der Waals surface area contributed by atoms with Gasteiger partial charge in [-0.2, -0.15) is 0 Å². The molecular formula is C21H19ClN4O2. The third-order valence-electron chi connectivity index (χ3n) is 3.92. The molecule has 0 radical (unpaired) electrons. The number of hydrogen-bond donors (Lipinski definition) is 3. The average molecular weight is 395 g/mol. The molecule has 0 saturated heterocycles. The molecule has 0 saturated carbocycles. The molecule has 3 rings (SSSR count). The molecule has 0 aliphatic carbocycles. The van der Waals surface area contributed by atoms with Crippen LogP contribution >= 0.6 is 11.6 Å². The van der Waals surface area contributed by atoms with Gasteiger partial charge in [-0.1, -0.05) is 11.6 Å². The first-order chi connectivity index (χ1) is 13.4. The SMILES string of the molecule is CC(=O)Nc1ccc(Nc2ccnc(C(=O)Nc3ccc(Cl)cc3C)c2)cc1. The maximum absolute atomic E-state index is 12.5. The second kappa shape index (κ2) is 8.54. The van der Waals surface area contributed by atoms with Gasteiger partial charge in [0.1, 0.15) is 5.69 Å². The van der Waals surface area contributed by atoms with Crippen LogP contribution in [0.25, 0.3) is 0 Å². The second-order valence-corrected chi connectivity index (χ2v) is 6.66. The van der Waals surface area contributed by atoms with E-state index in [0.717, 1.165) is 16.9 Å². The summed E-state index contributed by atoms with van der Waals surface area (Å²) < 4.78 is 0. The van der Waals surface area contributed by atoms with E-state index in [4.69, 9.17) is 11.6 Å². The van der Waals surface area contributed by atoms with Gasteiger partial charge in [-0.05, 0) is 67.1 Å². The zero-order valence-electron chi connectivity index (χ0n) is 15.4. The van der Waals surface area contributed by atoms with Crippen molar-refractivity contribution in [1.82, 2.24) is 4.98 Å². The lowest BCUT2D eigenvalue weighted by molar-refractivity contribution is -0.114. The summed E-state index contributed by atoms with van der Waals surface area (Å²) in [6, 6.07) is 16.0. The number of carbonyl (C=O) groups excluding carboxylic acids is 2. The third-order valence-corrected chi connectivity index (χ3v) is 4.16. The fourth-order valence-corrected chi connectivity index (χ4v) is 2.82. The Morgan fingerprint density at radius 1 is 0.893 bits per heavy atom. The van der Waals surface area contributed by atoms with Crippen LogP contribution in [0.1, 0.15) is 23.0 Å². The highest BCUT2D eigenvalue weighted by Crippen LogP contribution is 2.22. The summed E-state index contributed by atoms with van der Waals surface area (Å²) in [7, 11) is 0. The van der Waals surface area contributed by atoms with E-state index in [2.05, 4.69) is 20.9 Å². The van der Waals surface area contributed by atoms with Crippen LogP contribution in [0, 0.1) is 6.92 Å². The summed E-state index contributed by atoms with van der Waals surface area (Å²) in [4.78, 5) is 27.8. The molecule has 0 aliphatic rings. The van der Waals surface area contributed by atoms with Crippen molar-refractivity contribution in [2.24, 2.45) is 0 Å². The van der Waals surface area contributed by atoms with Crippen LogP contribution in [0.3, 0.4) is 0 Å². The summed E-state index contributed by atoms with van der Waals surface area (Å²) in [6.45, 7) is 3.33. The predicted octanol–water partition coefficient (Wildman–Crippen LogP) is 5.00. The molecule has 2 amide bonds. The lowest BCUT2D eigenvalue weighted by Crippen LogP contribution is -2.14. The van der Waals surface area contributed by atoms with E-state index in [-0.39, 0.29) is 17.5 Å². The molecule has 0 unspecified atom stereocenters. The van der Waals surface area contributed by atoms with Crippen LogP contribution in [0.4, 0.5) is 22.7 Å². The number of rotatable bonds is 5. The van der Waals surface area contributed by atoms with Crippen molar-refractivity contribution in [3.8, 4) is 0 Å². The number of hydrogen-bond acceptors (Lipinski definition) is 4. The van der Waals surface area contributed by atoms with E-state index in [1.54, 1.807) is 48.7 Å². The first-order valence-electron chi connectivity index (χ1n) is 8.59. The van der Waals surface area contributed by atoms with E-state index < -0.39 is 0 Å². The topological polar surface area (TPSA) is 83.1 Å². The van der Waals surface area contributed by atoms with Gasteiger partial charge >= 0.3 is 0 Å². The summed E-state index contributed by atoms with van der Waals surface area (Å²) in [5.41, 5.74) is 4.10. The molecular weight excluding hydrogens is 376 g/mol. The number of carbonyl (C=O) groups is 2. The Balaban J connectivity index is 1.71. The van der Waals surface area contributed by atoms with Crippen LogP contribution in [-0.4, -0.2) is 16.8 Å². The van der Waals surface area contributed by atoms with Crippen molar-refractivity contribution in [2.75, 3.05) is 16.0 Å². The number of nitrogens with zero attached hydrogens (tertiary/aromatic N) is 1. The van der Waals surface area contributed by atoms with E-state index in [9.17, 15) is 9.59 Å². The number of benzene rings is 2. The number of pyridine rings is 1. The minimum absolute atomic E-state index is 0.124. The lowest BCUT2D eigenvalue weighted by atomic mass is 10.2. The largest absolute Gasteiger partial charge is 0.355 e. The zero-order chi connectivity index (χ0) is 20.1. The molecule has 0 bridgehead atoms. The molecule has 6 nitrogen and oxygen atoms in total. The van der Waals surface area contributed by atoms with E-state index in [1.165, 1.54) is 6.92 Å². The maximum atomic E-state index is 12.5. The fraction of sp³-hybridized carbons (Fsp3) is 0.0952. The van der Waals surface area contributed by atoms with Gasteiger partial charge in [0, 0.05) is 40.9 Å². The van der Waals surface area contributed by atoms with Gasteiger partial charge in [0.05, 0.1) is 0 Å². The van der Waals surface area contributed by atoms with Crippen LogP contribution in [0.2, 0.25) is 5.02 Å². The average Bonchev–Trinajstić information content (AvgIpc) is 2.65. The number of aromatic nitrogens is 1. The molecule has 0 fully saturated rings. The minimum atomic E-state index is -0.310. The molecule has 7 heteroatoms. The van der Waals surface area contributed by atoms with Gasteiger partial charge in [-0.3, -0.25) is 14.6 Å². The van der Waals surface area contributed by atoms with Crippen LogP contribution in [-0.2, 0) is 4.79 Å².